The lowest BCUT2D eigenvalue weighted by molar-refractivity contribution is 1.47. The molecule has 2 N–H and O–H groups in total. The normalized spacial score (nSPS) is 8.11. The van der Waals surface area contributed by atoms with Gasteiger partial charge in [-0.1, -0.05) is 18.2 Å². The summed E-state index contributed by atoms with van der Waals surface area (Å²) in [7, 11) is 0. The summed E-state index contributed by atoms with van der Waals surface area (Å²) in [4.78, 5) is 0. The molecule has 1 nitrogen and oxygen atoms in total. The summed E-state index contributed by atoms with van der Waals surface area (Å²) in [5.41, 5.74) is 7.53. The molecule has 0 heterocycles. The standard InChI is InChI=1S/C7H9N.BH3/c1-6-4-2-3-5-7(6)8;/h2-5H,8H2,1H3;1H3. The Balaban J connectivity index is 0.000000640. The second kappa shape index (κ2) is 3.18. The molecule has 9 heavy (non-hydrogen) atoms. The van der Waals surface area contributed by atoms with Gasteiger partial charge in [-0.05, 0) is 18.6 Å². The van der Waals surface area contributed by atoms with Crippen LogP contribution >= 0.6 is 0 Å². The van der Waals surface area contributed by atoms with Gasteiger partial charge in [0.25, 0.3) is 0 Å². The van der Waals surface area contributed by atoms with Crippen LogP contribution in [0.3, 0.4) is 0 Å². The largest absolute Gasteiger partial charge is 0.399 e. The predicted molar refractivity (Wildman–Crippen MR) is 45.5 cm³/mol. The SMILES string of the molecule is B.Cc1ccccc1N. The van der Waals surface area contributed by atoms with Gasteiger partial charge < -0.3 is 5.73 Å². The van der Waals surface area contributed by atoms with E-state index in [0.29, 0.717) is 0 Å². The molecule has 1 rings (SSSR count). The smallest absolute Gasteiger partial charge is 0.0814 e. The van der Waals surface area contributed by atoms with E-state index >= 15 is 0 Å². The van der Waals surface area contributed by atoms with Crippen LogP contribution in [0.25, 0.3) is 0 Å². The van der Waals surface area contributed by atoms with Crippen molar-refractivity contribution >= 4 is 14.1 Å². The van der Waals surface area contributed by atoms with Crippen molar-refractivity contribution in [1.29, 1.82) is 0 Å². The first-order valence-corrected chi connectivity index (χ1v) is 2.62. The molecule has 0 spiro atoms. The molecule has 0 aliphatic rings. The Hall–Kier alpha value is -0.915. The molecule has 0 saturated heterocycles. The van der Waals surface area contributed by atoms with Crippen molar-refractivity contribution in [1.82, 2.24) is 0 Å². The van der Waals surface area contributed by atoms with Crippen LogP contribution in [-0.4, -0.2) is 8.41 Å². The molecule has 0 aliphatic heterocycles. The summed E-state index contributed by atoms with van der Waals surface area (Å²) in [6.07, 6.45) is 0. The van der Waals surface area contributed by atoms with E-state index in [9.17, 15) is 0 Å². The molecule has 0 atom stereocenters. The van der Waals surface area contributed by atoms with Gasteiger partial charge in [0.1, 0.15) is 0 Å². The van der Waals surface area contributed by atoms with Gasteiger partial charge in [-0.25, -0.2) is 0 Å². The fourth-order valence-electron chi connectivity index (χ4n) is 0.587. The fourth-order valence-corrected chi connectivity index (χ4v) is 0.587. The maximum atomic E-state index is 5.52. The topological polar surface area (TPSA) is 26.0 Å². The number of aryl methyl sites for hydroxylation is 1. The van der Waals surface area contributed by atoms with Gasteiger partial charge >= 0.3 is 0 Å². The first-order valence-electron chi connectivity index (χ1n) is 2.62. The lowest BCUT2D eigenvalue weighted by atomic mass is 10.2. The van der Waals surface area contributed by atoms with E-state index in [1.54, 1.807) is 0 Å². The van der Waals surface area contributed by atoms with E-state index in [0.717, 1.165) is 11.3 Å². The quantitative estimate of drug-likeness (QED) is 0.390. The van der Waals surface area contributed by atoms with E-state index in [1.807, 2.05) is 31.2 Å². The van der Waals surface area contributed by atoms with Crippen LogP contribution in [0.15, 0.2) is 24.3 Å². The Kier molecular flexibility index (Phi) is 2.86. The number of nitrogens with two attached hydrogens (primary N) is 1. The van der Waals surface area contributed by atoms with Gasteiger partial charge in [0.15, 0.2) is 0 Å². The first-order chi connectivity index (χ1) is 3.80. The number of para-hydroxylation sites is 1. The monoisotopic (exact) mass is 121 g/mol. The predicted octanol–water partition coefficient (Wildman–Crippen LogP) is 0.393. The van der Waals surface area contributed by atoms with Crippen molar-refractivity contribution in [3.63, 3.8) is 0 Å². The highest BCUT2D eigenvalue weighted by atomic mass is 14.5. The molecule has 1 aromatic carbocycles. The Morgan fingerprint density at radius 2 is 1.78 bits per heavy atom. The molecule has 2 heteroatoms. The second-order valence-corrected chi connectivity index (χ2v) is 1.86. The van der Waals surface area contributed by atoms with Gasteiger partial charge in [0.2, 0.25) is 0 Å². The van der Waals surface area contributed by atoms with Crippen LogP contribution in [-0.2, 0) is 0 Å². The Morgan fingerprint density at radius 1 is 1.22 bits per heavy atom. The average molecular weight is 121 g/mol. The van der Waals surface area contributed by atoms with E-state index in [1.165, 1.54) is 0 Å². The molecular formula is C7H12BN. The third-order valence-corrected chi connectivity index (χ3v) is 1.19. The minimum absolute atomic E-state index is 0. The molecule has 0 amide bonds. The molecule has 0 bridgehead atoms. The lowest BCUT2D eigenvalue weighted by Gasteiger charge is -1.93. The maximum Gasteiger partial charge on any atom is 0.0814 e. The molecule has 0 fully saturated rings. The number of rotatable bonds is 0. The summed E-state index contributed by atoms with van der Waals surface area (Å²) in [6, 6.07) is 7.80. The van der Waals surface area contributed by atoms with Crippen molar-refractivity contribution in [2.24, 2.45) is 0 Å². The van der Waals surface area contributed by atoms with Gasteiger partial charge in [-0.15, -0.1) is 0 Å². The molecule has 0 radical (unpaired) electrons. The number of hydrogen-bond donors (Lipinski definition) is 1. The maximum absolute atomic E-state index is 5.52. The van der Waals surface area contributed by atoms with E-state index < -0.39 is 0 Å². The average Bonchev–Trinajstić information content (AvgIpc) is 1.77. The number of nitrogen functional groups attached to an aromatic ring is 1. The van der Waals surface area contributed by atoms with Crippen LogP contribution < -0.4 is 5.73 Å². The molecular weight excluding hydrogens is 109 g/mol. The second-order valence-electron chi connectivity index (χ2n) is 1.86. The lowest BCUT2D eigenvalue weighted by Crippen LogP contribution is -1.85. The first kappa shape index (κ1) is 8.08. The number of hydrogen-bond acceptors (Lipinski definition) is 1. The fraction of sp³-hybridized carbons (Fsp3) is 0.143. The van der Waals surface area contributed by atoms with Crippen molar-refractivity contribution < 1.29 is 0 Å². The zero-order valence-corrected chi connectivity index (χ0v) is 4.89. The highest BCUT2D eigenvalue weighted by Crippen LogP contribution is 2.06. The minimum Gasteiger partial charge on any atom is -0.399 e. The van der Waals surface area contributed by atoms with Gasteiger partial charge in [-0.3, -0.25) is 0 Å². The molecule has 1 aromatic rings. The van der Waals surface area contributed by atoms with E-state index in [2.05, 4.69) is 0 Å². The number of benzene rings is 1. The zero-order chi connectivity index (χ0) is 5.98. The number of anilines is 1. The summed E-state index contributed by atoms with van der Waals surface area (Å²) in [5, 5.41) is 0. The van der Waals surface area contributed by atoms with Gasteiger partial charge in [0, 0.05) is 5.69 Å². The Bertz CT molecular complexity index is 165. The summed E-state index contributed by atoms with van der Waals surface area (Å²) in [6.45, 7) is 2.00. The minimum atomic E-state index is 0. The molecule has 48 valence electrons. The summed E-state index contributed by atoms with van der Waals surface area (Å²) in [5.74, 6) is 0. The van der Waals surface area contributed by atoms with Crippen LogP contribution in [0.1, 0.15) is 5.56 Å². The molecule has 0 unspecified atom stereocenters. The van der Waals surface area contributed by atoms with E-state index in [-0.39, 0.29) is 8.41 Å². The van der Waals surface area contributed by atoms with E-state index in [4.69, 9.17) is 5.73 Å². The van der Waals surface area contributed by atoms with Crippen LogP contribution in [0, 0.1) is 6.92 Å². The third kappa shape index (κ3) is 1.80. The zero-order valence-electron chi connectivity index (χ0n) is 4.89. The van der Waals surface area contributed by atoms with Crippen molar-refractivity contribution in [2.75, 3.05) is 5.73 Å². The van der Waals surface area contributed by atoms with Crippen molar-refractivity contribution in [3.8, 4) is 0 Å². The summed E-state index contributed by atoms with van der Waals surface area (Å²) >= 11 is 0. The van der Waals surface area contributed by atoms with Crippen LogP contribution in [0.4, 0.5) is 5.69 Å². The molecule has 0 aromatic heterocycles. The highest BCUT2D eigenvalue weighted by molar-refractivity contribution is 5.75. The molecule has 0 saturated carbocycles. The van der Waals surface area contributed by atoms with Crippen molar-refractivity contribution in [3.05, 3.63) is 29.8 Å². The van der Waals surface area contributed by atoms with Crippen molar-refractivity contribution in [2.45, 2.75) is 6.92 Å². The Labute approximate surface area is 57.5 Å². The molecule has 0 aliphatic carbocycles. The van der Waals surface area contributed by atoms with Crippen LogP contribution in [0.2, 0.25) is 0 Å². The van der Waals surface area contributed by atoms with Gasteiger partial charge in [0.05, 0.1) is 8.41 Å². The third-order valence-electron chi connectivity index (χ3n) is 1.19. The van der Waals surface area contributed by atoms with Crippen LogP contribution in [0.5, 0.6) is 0 Å². The highest BCUT2D eigenvalue weighted by Gasteiger charge is 1.84. The Morgan fingerprint density at radius 3 is 2.11 bits per heavy atom. The van der Waals surface area contributed by atoms with Gasteiger partial charge in [-0.2, -0.15) is 0 Å². The summed E-state index contributed by atoms with van der Waals surface area (Å²) < 4.78 is 0.